The maximum Gasteiger partial charge on any atom is 0.335 e. The first-order valence-electron chi connectivity index (χ1n) is 10.7. The number of sulfonamides is 1. The zero-order valence-corrected chi connectivity index (χ0v) is 20.4. The van der Waals surface area contributed by atoms with Crippen LogP contribution in [0.15, 0.2) is 66.2 Å². The van der Waals surface area contributed by atoms with Gasteiger partial charge in [0, 0.05) is 25.8 Å². The summed E-state index contributed by atoms with van der Waals surface area (Å²) in [5, 5.41) is 12.4. The number of nitrogens with zero attached hydrogens (tertiary/aromatic N) is 3. The minimum Gasteiger partial charge on any atom is -0.478 e. The van der Waals surface area contributed by atoms with Crippen LogP contribution in [0.5, 0.6) is 0 Å². The Labute approximate surface area is 200 Å². The molecule has 2 heterocycles. The lowest BCUT2D eigenvalue weighted by molar-refractivity contribution is 0.0697. The minimum atomic E-state index is -3.74. The van der Waals surface area contributed by atoms with Crippen LogP contribution in [-0.2, 0) is 10.0 Å². The number of carboxylic acids is 1. The van der Waals surface area contributed by atoms with Gasteiger partial charge >= 0.3 is 5.97 Å². The zero-order chi connectivity index (χ0) is 25.0. The Kier molecular flexibility index (Phi) is 7.26. The third-order valence-electron chi connectivity index (χ3n) is 5.21. The van der Waals surface area contributed by atoms with Crippen molar-refractivity contribution in [2.45, 2.75) is 25.2 Å². The number of aromatic nitrogens is 1. The molecule has 0 atom stereocenters. The molecule has 0 aliphatic carbocycles. The molecule has 1 aromatic heterocycles. The summed E-state index contributed by atoms with van der Waals surface area (Å²) in [4.78, 5) is 17.6. The second kappa shape index (κ2) is 9.96. The largest absolute Gasteiger partial charge is 0.478 e. The van der Waals surface area contributed by atoms with Gasteiger partial charge in [-0.2, -0.15) is 0 Å². The maximum absolute atomic E-state index is 13.1. The van der Waals surface area contributed by atoms with Crippen molar-refractivity contribution in [3.8, 4) is 0 Å². The normalized spacial score (nSPS) is 13.5. The number of rotatable bonds is 4. The Hall–Kier alpha value is -3.85. The monoisotopic (exact) mass is 480 g/mol. The highest BCUT2D eigenvalue weighted by Crippen LogP contribution is 2.43. The van der Waals surface area contributed by atoms with Crippen molar-refractivity contribution in [1.29, 1.82) is 0 Å². The number of aromatic carboxylic acids is 1. The molecule has 9 heteroatoms. The van der Waals surface area contributed by atoms with Gasteiger partial charge in [0.25, 0.3) is 10.0 Å². The number of hydrogen-bond donors (Lipinski definition) is 2. The number of para-hydroxylation sites is 1. The molecule has 0 saturated carbocycles. The van der Waals surface area contributed by atoms with E-state index in [1.807, 2.05) is 0 Å². The quantitative estimate of drug-likeness (QED) is 0.509. The fourth-order valence-corrected chi connectivity index (χ4v) is 4.91. The van der Waals surface area contributed by atoms with Gasteiger partial charge in [0.15, 0.2) is 0 Å². The van der Waals surface area contributed by atoms with E-state index < -0.39 is 16.0 Å². The van der Waals surface area contributed by atoms with Gasteiger partial charge in [-0.1, -0.05) is 45.1 Å². The molecular formula is C25H28N4O4S. The van der Waals surface area contributed by atoms with Crippen molar-refractivity contribution < 1.29 is 18.3 Å². The molecule has 178 valence electrons. The summed E-state index contributed by atoms with van der Waals surface area (Å²) < 4.78 is 27.4. The Morgan fingerprint density at radius 1 is 1.09 bits per heavy atom. The number of carbonyl (C=O) groups is 1. The third-order valence-corrected chi connectivity index (χ3v) is 7.03. The molecule has 0 saturated heterocycles. The van der Waals surface area contributed by atoms with E-state index in [2.05, 4.69) is 30.7 Å². The Bertz CT molecular complexity index is 1340. The van der Waals surface area contributed by atoms with Gasteiger partial charge in [0.05, 0.1) is 28.8 Å². The van der Waals surface area contributed by atoms with Crippen LogP contribution in [0.3, 0.4) is 0 Å². The Balaban J connectivity index is 0.00000103. The van der Waals surface area contributed by atoms with E-state index in [0.29, 0.717) is 34.1 Å². The van der Waals surface area contributed by atoms with Crippen molar-refractivity contribution in [1.82, 2.24) is 4.98 Å². The first-order valence-corrected chi connectivity index (χ1v) is 12.2. The predicted molar refractivity (Wildman–Crippen MR) is 137 cm³/mol. The topological polar surface area (TPSA) is 103 Å². The Morgan fingerprint density at radius 2 is 1.76 bits per heavy atom. The maximum atomic E-state index is 13.1. The predicted octanol–water partition coefficient (Wildman–Crippen LogP) is 5.49. The summed E-state index contributed by atoms with van der Waals surface area (Å²) in [7, 11) is -0.439. The van der Waals surface area contributed by atoms with Crippen molar-refractivity contribution in [2.75, 3.05) is 28.6 Å². The van der Waals surface area contributed by atoms with Crippen molar-refractivity contribution in [3.05, 3.63) is 72.4 Å². The van der Waals surface area contributed by atoms with Crippen LogP contribution < -0.4 is 14.5 Å². The highest BCUT2D eigenvalue weighted by Gasteiger charge is 2.32. The molecule has 0 unspecified atom stereocenters. The van der Waals surface area contributed by atoms with E-state index in [9.17, 15) is 18.3 Å². The molecule has 0 amide bonds. The molecule has 2 N–H and O–H groups in total. The molecule has 2 aromatic carbocycles. The van der Waals surface area contributed by atoms with Crippen LogP contribution in [0.2, 0.25) is 0 Å². The van der Waals surface area contributed by atoms with Gasteiger partial charge in [0.1, 0.15) is 10.7 Å². The summed E-state index contributed by atoms with van der Waals surface area (Å²) in [6.07, 6.45) is 4.30. The SMILES string of the molecule is C=Cc1cc(C(=O)O)ccc1Nc1cc2c(cn1)N(C)S(=O)(=O)c1ccccc1N2C.CCC. The van der Waals surface area contributed by atoms with Crippen LogP contribution in [0.4, 0.5) is 28.6 Å². The van der Waals surface area contributed by atoms with E-state index in [1.165, 1.54) is 36.1 Å². The second-order valence-corrected chi connectivity index (χ2v) is 9.64. The van der Waals surface area contributed by atoms with Crippen LogP contribution in [0, 0.1) is 0 Å². The molecule has 0 spiro atoms. The zero-order valence-electron chi connectivity index (χ0n) is 19.6. The number of hydrogen-bond acceptors (Lipinski definition) is 6. The van der Waals surface area contributed by atoms with Crippen molar-refractivity contribution in [3.63, 3.8) is 0 Å². The van der Waals surface area contributed by atoms with Gasteiger partial charge in [-0.05, 0) is 35.9 Å². The molecule has 0 bridgehead atoms. The van der Waals surface area contributed by atoms with Crippen LogP contribution >= 0.6 is 0 Å². The fraction of sp³-hybridized carbons (Fsp3) is 0.200. The van der Waals surface area contributed by atoms with Crippen LogP contribution in [-0.4, -0.2) is 38.6 Å². The molecular weight excluding hydrogens is 452 g/mol. The van der Waals surface area contributed by atoms with E-state index >= 15 is 0 Å². The molecule has 4 rings (SSSR count). The summed E-state index contributed by atoms with van der Waals surface area (Å²) in [6, 6.07) is 13.2. The first-order chi connectivity index (χ1) is 16.1. The second-order valence-electron chi connectivity index (χ2n) is 7.70. The number of benzene rings is 2. The van der Waals surface area contributed by atoms with E-state index in [-0.39, 0.29) is 10.5 Å². The first kappa shape index (κ1) is 24.8. The number of fused-ring (bicyclic) bond motifs is 2. The van der Waals surface area contributed by atoms with Crippen LogP contribution in [0.1, 0.15) is 36.2 Å². The minimum absolute atomic E-state index is 0.151. The van der Waals surface area contributed by atoms with E-state index in [4.69, 9.17) is 0 Å². The lowest BCUT2D eigenvalue weighted by Gasteiger charge is -2.22. The average Bonchev–Trinajstić information content (AvgIpc) is 2.88. The number of carboxylic acid groups (broad SMARTS) is 1. The van der Waals surface area contributed by atoms with Gasteiger partial charge in [-0.25, -0.2) is 18.2 Å². The Morgan fingerprint density at radius 3 is 2.41 bits per heavy atom. The molecule has 34 heavy (non-hydrogen) atoms. The lowest BCUT2D eigenvalue weighted by Crippen LogP contribution is -2.25. The molecule has 0 radical (unpaired) electrons. The standard InChI is InChI=1S/C22H20N4O4S.C3H8/c1-4-14-11-15(22(27)28)9-10-16(14)24-21-12-18-19(13-23-21)26(3)31(29,30)20-8-6-5-7-17(20)25(18)2;1-3-2/h4-13H,1H2,2-3H3,(H,23,24)(H,27,28);3H2,1-2H3. The summed E-state index contributed by atoms with van der Waals surface area (Å²) in [5.41, 5.74) is 3.03. The molecule has 3 aromatic rings. The van der Waals surface area contributed by atoms with Gasteiger partial charge < -0.3 is 15.3 Å². The summed E-state index contributed by atoms with van der Waals surface area (Å²) in [5.74, 6) is -0.552. The smallest absolute Gasteiger partial charge is 0.335 e. The number of nitrogens with one attached hydrogen (secondary N) is 1. The third kappa shape index (κ3) is 4.60. The highest BCUT2D eigenvalue weighted by molar-refractivity contribution is 7.93. The van der Waals surface area contributed by atoms with E-state index in [1.54, 1.807) is 54.4 Å². The summed E-state index contributed by atoms with van der Waals surface area (Å²) >= 11 is 0. The highest BCUT2D eigenvalue weighted by atomic mass is 32.2. The molecule has 8 nitrogen and oxygen atoms in total. The van der Waals surface area contributed by atoms with Crippen LogP contribution in [0.25, 0.3) is 6.08 Å². The summed E-state index contributed by atoms with van der Waals surface area (Å²) in [6.45, 7) is 7.99. The van der Waals surface area contributed by atoms with Crippen molar-refractivity contribution >= 4 is 50.6 Å². The molecule has 0 fully saturated rings. The molecule has 1 aliphatic rings. The van der Waals surface area contributed by atoms with Gasteiger partial charge in [0.2, 0.25) is 0 Å². The lowest BCUT2D eigenvalue weighted by atomic mass is 10.1. The molecule has 1 aliphatic heterocycles. The van der Waals surface area contributed by atoms with Gasteiger partial charge in [-0.3, -0.25) is 4.31 Å². The van der Waals surface area contributed by atoms with E-state index in [0.717, 1.165) is 0 Å². The van der Waals surface area contributed by atoms with Crippen molar-refractivity contribution in [2.24, 2.45) is 0 Å². The average molecular weight is 481 g/mol. The fourth-order valence-electron chi connectivity index (χ4n) is 3.49. The number of anilines is 5. The van der Waals surface area contributed by atoms with Gasteiger partial charge in [-0.15, -0.1) is 0 Å². The number of pyridine rings is 1.